The number of unbranched alkanes of at least 4 members (excludes halogenated alkanes) is 48. The standard InChI is InChI=1S/C76H148O17P2/c1-6-9-12-15-18-21-24-27-30-31-34-37-40-47-52-57-62-76(81)92-71(65-86-73(78)59-54-49-44-38-35-32-28-25-22-19-16-13-10-7-2)67-90-94(82,83)88-63-70(77)64-89-95(84,85)91-68-72(66-87-74(79)60-55-50-45-42-41-43-48-53-58-69(4)5)93-75(80)61-56-51-46-39-36-33-29-26-23-20-17-14-11-8-3/h69-72,77H,6-68H2,1-5H3,(H,82,83)(H,84,85)/t70-,71-,72-/m1/s1. The molecule has 19 heteroatoms. The van der Waals surface area contributed by atoms with Crippen molar-refractivity contribution in [2.24, 2.45) is 5.92 Å². The van der Waals surface area contributed by atoms with Crippen LogP contribution in [0.1, 0.15) is 401 Å². The Balaban J connectivity index is 5.26. The zero-order chi connectivity index (χ0) is 69.8. The summed E-state index contributed by atoms with van der Waals surface area (Å²) in [5.74, 6) is -1.38. The first kappa shape index (κ1) is 93.1. The molecular weight excluding hydrogens is 1250 g/mol. The summed E-state index contributed by atoms with van der Waals surface area (Å²) in [7, 11) is -9.91. The van der Waals surface area contributed by atoms with Gasteiger partial charge in [-0.3, -0.25) is 37.3 Å². The normalized spacial score (nSPS) is 13.9. The van der Waals surface area contributed by atoms with E-state index in [1.807, 2.05) is 0 Å². The molecule has 17 nitrogen and oxygen atoms in total. The van der Waals surface area contributed by atoms with Gasteiger partial charge in [0.2, 0.25) is 0 Å². The molecule has 0 bridgehead atoms. The number of esters is 4. The van der Waals surface area contributed by atoms with Crippen molar-refractivity contribution in [3.05, 3.63) is 0 Å². The molecule has 5 atom stereocenters. The Labute approximate surface area is 581 Å². The quantitative estimate of drug-likeness (QED) is 0.0222. The van der Waals surface area contributed by atoms with Crippen molar-refractivity contribution in [1.82, 2.24) is 0 Å². The molecule has 0 heterocycles. The average Bonchev–Trinajstić information content (AvgIpc) is 3.75. The van der Waals surface area contributed by atoms with Crippen molar-refractivity contribution < 1.29 is 80.2 Å². The molecule has 0 radical (unpaired) electrons. The molecule has 0 fully saturated rings. The van der Waals surface area contributed by atoms with Crippen molar-refractivity contribution in [3.8, 4) is 0 Å². The van der Waals surface area contributed by atoms with E-state index >= 15 is 0 Å². The molecule has 0 aromatic rings. The van der Waals surface area contributed by atoms with E-state index in [4.69, 9.17) is 37.0 Å². The maximum absolute atomic E-state index is 13.1. The van der Waals surface area contributed by atoms with Crippen LogP contribution in [0, 0.1) is 5.92 Å². The molecule has 0 aromatic carbocycles. The van der Waals surface area contributed by atoms with Gasteiger partial charge < -0.3 is 33.8 Å². The van der Waals surface area contributed by atoms with E-state index in [1.54, 1.807) is 0 Å². The van der Waals surface area contributed by atoms with Crippen molar-refractivity contribution in [1.29, 1.82) is 0 Å². The van der Waals surface area contributed by atoms with Crippen LogP contribution in [0.3, 0.4) is 0 Å². The van der Waals surface area contributed by atoms with Crippen LogP contribution in [-0.2, 0) is 65.4 Å². The lowest BCUT2D eigenvalue weighted by Gasteiger charge is -2.21. The minimum Gasteiger partial charge on any atom is -0.462 e. The SMILES string of the molecule is CCCCCCCCCCCCCCCCCCC(=O)O[C@H](COC(=O)CCCCCCCCCCCCCCCC)COP(=O)(O)OC[C@@H](O)COP(=O)(O)OC[C@@H](COC(=O)CCCCCCCCCCC(C)C)OC(=O)CCCCCCCCCCCCCCCC. The van der Waals surface area contributed by atoms with E-state index in [0.29, 0.717) is 25.7 Å². The second kappa shape index (κ2) is 69.2. The summed E-state index contributed by atoms with van der Waals surface area (Å²) in [6.07, 6.45) is 58.1. The number of phosphoric acid groups is 2. The van der Waals surface area contributed by atoms with Crippen LogP contribution in [0.4, 0.5) is 0 Å². The lowest BCUT2D eigenvalue weighted by molar-refractivity contribution is -0.161. The highest BCUT2D eigenvalue weighted by Crippen LogP contribution is 2.45. The highest BCUT2D eigenvalue weighted by molar-refractivity contribution is 7.47. The predicted octanol–water partition coefficient (Wildman–Crippen LogP) is 22.5. The number of ether oxygens (including phenoxy) is 4. The van der Waals surface area contributed by atoms with Gasteiger partial charge in [-0.1, -0.05) is 349 Å². The summed E-state index contributed by atoms with van der Waals surface area (Å²) in [6, 6.07) is 0. The van der Waals surface area contributed by atoms with Gasteiger partial charge in [-0.15, -0.1) is 0 Å². The van der Waals surface area contributed by atoms with Crippen LogP contribution in [0.15, 0.2) is 0 Å². The fraction of sp³-hybridized carbons (Fsp3) is 0.947. The minimum atomic E-state index is -4.96. The van der Waals surface area contributed by atoms with Gasteiger partial charge in [0.05, 0.1) is 26.4 Å². The summed E-state index contributed by atoms with van der Waals surface area (Å²) < 4.78 is 68.6. The number of hydrogen-bond acceptors (Lipinski definition) is 15. The zero-order valence-electron chi connectivity index (χ0n) is 61.8. The van der Waals surface area contributed by atoms with Gasteiger partial charge in [0.25, 0.3) is 0 Å². The lowest BCUT2D eigenvalue weighted by atomic mass is 10.0. The molecule has 0 amide bonds. The van der Waals surface area contributed by atoms with Crippen LogP contribution in [0.5, 0.6) is 0 Å². The summed E-state index contributed by atoms with van der Waals surface area (Å²) in [5, 5.41) is 10.6. The first-order chi connectivity index (χ1) is 46.0. The Bertz CT molecular complexity index is 1820. The molecule has 0 saturated heterocycles. The number of rotatable bonds is 76. The van der Waals surface area contributed by atoms with E-state index < -0.39 is 97.5 Å². The highest BCUT2D eigenvalue weighted by atomic mass is 31.2. The van der Waals surface area contributed by atoms with E-state index in [9.17, 15) is 43.2 Å². The maximum atomic E-state index is 13.1. The molecule has 2 unspecified atom stereocenters. The number of carbonyl (C=O) groups excluding carboxylic acids is 4. The van der Waals surface area contributed by atoms with Crippen LogP contribution in [0.25, 0.3) is 0 Å². The number of phosphoric ester groups is 2. The summed E-state index contributed by atoms with van der Waals surface area (Å²) in [4.78, 5) is 72.8. The summed E-state index contributed by atoms with van der Waals surface area (Å²) in [6.45, 7) is 7.27. The van der Waals surface area contributed by atoms with Gasteiger partial charge in [-0.2, -0.15) is 0 Å². The molecule has 0 aliphatic heterocycles. The highest BCUT2D eigenvalue weighted by Gasteiger charge is 2.30. The molecule has 0 rings (SSSR count). The molecule has 564 valence electrons. The Morgan fingerprint density at radius 3 is 0.716 bits per heavy atom. The van der Waals surface area contributed by atoms with Gasteiger partial charge in [0.1, 0.15) is 19.3 Å². The fourth-order valence-electron chi connectivity index (χ4n) is 11.7. The topological polar surface area (TPSA) is 237 Å². The van der Waals surface area contributed by atoms with Gasteiger partial charge in [0, 0.05) is 25.7 Å². The minimum absolute atomic E-state index is 0.108. The van der Waals surface area contributed by atoms with Crippen molar-refractivity contribution in [3.63, 3.8) is 0 Å². The molecule has 3 N–H and O–H groups in total. The first-order valence-electron chi connectivity index (χ1n) is 39.6. The molecular formula is C76H148O17P2. The van der Waals surface area contributed by atoms with Crippen molar-refractivity contribution in [2.45, 2.75) is 419 Å². The van der Waals surface area contributed by atoms with Gasteiger partial charge >= 0.3 is 39.5 Å². The third kappa shape index (κ3) is 70.3. The number of aliphatic hydroxyl groups excluding tert-OH is 1. The van der Waals surface area contributed by atoms with E-state index in [0.717, 1.165) is 95.8 Å². The largest absolute Gasteiger partial charge is 0.472 e. The zero-order valence-corrected chi connectivity index (χ0v) is 63.6. The monoisotopic (exact) mass is 1400 g/mol. The van der Waals surface area contributed by atoms with E-state index in [1.165, 1.54) is 225 Å². The predicted molar refractivity (Wildman–Crippen MR) is 386 cm³/mol. The van der Waals surface area contributed by atoms with Crippen molar-refractivity contribution in [2.75, 3.05) is 39.6 Å². The van der Waals surface area contributed by atoms with Crippen molar-refractivity contribution >= 4 is 39.5 Å². The molecule has 0 spiro atoms. The number of carbonyl (C=O) groups is 4. The fourth-order valence-corrected chi connectivity index (χ4v) is 13.3. The van der Waals surface area contributed by atoms with E-state index in [-0.39, 0.29) is 25.7 Å². The van der Waals surface area contributed by atoms with Gasteiger partial charge in [-0.05, 0) is 31.6 Å². The Hall–Kier alpha value is -1.94. The Kier molecular flexibility index (Phi) is 67.7. The third-order valence-electron chi connectivity index (χ3n) is 17.8. The third-order valence-corrected chi connectivity index (χ3v) is 19.7. The molecule has 0 aromatic heterocycles. The molecule has 95 heavy (non-hydrogen) atoms. The Morgan fingerprint density at radius 1 is 0.284 bits per heavy atom. The summed E-state index contributed by atoms with van der Waals surface area (Å²) >= 11 is 0. The Morgan fingerprint density at radius 2 is 0.484 bits per heavy atom. The smallest absolute Gasteiger partial charge is 0.462 e. The van der Waals surface area contributed by atoms with Crippen LogP contribution >= 0.6 is 15.6 Å². The average molecular weight is 1400 g/mol. The molecule has 0 aliphatic carbocycles. The second-order valence-corrected chi connectivity index (χ2v) is 30.8. The van der Waals surface area contributed by atoms with Crippen LogP contribution in [0.2, 0.25) is 0 Å². The lowest BCUT2D eigenvalue weighted by Crippen LogP contribution is -2.30. The number of aliphatic hydroxyl groups is 1. The van der Waals surface area contributed by atoms with Crippen LogP contribution < -0.4 is 0 Å². The molecule has 0 aliphatic rings. The van der Waals surface area contributed by atoms with E-state index in [2.05, 4.69) is 34.6 Å². The first-order valence-corrected chi connectivity index (χ1v) is 42.6. The van der Waals surface area contributed by atoms with Gasteiger partial charge in [-0.25, -0.2) is 9.13 Å². The van der Waals surface area contributed by atoms with Crippen LogP contribution in [-0.4, -0.2) is 96.7 Å². The maximum Gasteiger partial charge on any atom is 0.472 e. The second-order valence-electron chi connectivity index (χ2n) is 27.9. The number of hydrogen-bond donors (Lipinski definition) is 3. The summed E-state index contributed by atoms with van der Waals surface area (Å²) in [5.41, 5.74) is 0. The molecule has 0 saturated carbocycles. The van der Waals surface area contributed by atoms with Gasteiger partial charge in [0.15, 0.2) is 12.2 Å².